The first-order valence-electron chi connectivity index (χ1n) is 8.01. The average Bonchev–Trinajstić information content (AvgIpc) is 3.05. The van der Waals surface area contributed by atoms with E-state index in [1.807, 2.05) is 29.2 Å². The standard InChI is InChI=1S/C17H24N2O3/c1-3-17(21-12-13-22-17)15-6-4-14(5-7-15)16(20)19-10-8-18(2)9-11-19/h4-7H,3,8-13H2,1-2H3. The predicted molar refractivity (Wildman–Crippen MR) is 83.7 cm³/mol. The number of carbonyl (C=O) groups is 1. The van der Waals surface area contributed by atoms with Crippen LogP contribution in [-0.4, -0.2) is 62.1 Å². The molecule has 2 fully saturated rings. The Morgan fingerprint density at radius 1 is 1.09 bits per heavy atom. The molecule has 1 aromatic carbocycles. The van der Waals surface area contributed by atoms with Crippen molar-refractivity contribution in [1.29, 1.82) is 0 Å². The fourth-order valence-electron chi connectivity index (χ4n) is 3.09. The third kappa shape index (κ3) is 2.89. The zero-order valence-electron chi connectivity index (χ0n) is 13.4. The van der Waals surface area contributed by atoms with Gasteiger partial charge in [0.15, 0.2) is 5.79 Å². The zero-order valence-corrected chi connectivity index (χ0v) is 13.4. The van der Waals surface area contributed by atoms with Crippen LogP contribution < -0.4 is 0 Å². The molecule has 1 amide bonds. The van der Waals surface area contributed by atoms with Crippen molar-refractivity contribution in [3.8, 4) is 0 Å². The summed E-state index contributed by atoms with van der Waals surface area (Å²) in [5, 5.41) is 0. The number of hydrogen-bond acceptors (Lipinski definition) is 4. The second-order valence-electron chi connectivity index (χ2n) is 5.98. The Bertz CT molecular complexity index is 515. The molecular formula is C17H24N2O3. The van der Waals surface area contributed by atoms with Gasteiger partial charge in [0, 0.05) is 43.7 Å². The predicted octanol–water partition coefficient (Wildman–Crippen LogP) is 1.68. The maximum atomic E-state index is 12.5. The minimum Gasteiger partial charge on any atom is -0.343 e. The molecular weight excluding hydrogens is 280 g/mol. The summed E-state index contributed by atoms with van der Waals surface area (Å²) in [6.07, 6.45) is 0.763. The summed E-state index contributed by atoms with van der Waals surface area (Å²) in [7, 11) is 2.09. The molecule has 2 saturated heterocycles. The molecule has 5 nitrogen and oxygen atoms in total. The molecule has 2 aliphatic heterocycles. The van der Waals surface area contributed by atoms with Gasteiger partial charge in [-0.25, -0.2) is 0 Å². The molecule has 0 N–H and O–H groups in total. The number of rotatable bonds is 3. The Morgan fingerprint density at radius 3 is 2.23 bits per heavy atom. The largest absolute Gasteiger partial charge is 0.343 e. The van der Waals surface area contributed by atoms with Gasteiger partial charge in [0.1, 0.15) is 0 Å². The van der Waals surface area contributed by atoms with Gasteiger partial charge in [0.25, 0.3) is 5.91 Å². The minimum absolute atomic E-state index is 0.110. The van der Waals surface area contributed by atoms with Gasteiger partial charge in [0.2, 0.25) is 0 Å². The maximum Gasteiger partial charge on any atom is 0.253 e. The maximum absolute atomic E-state index is 12.5. The zero-order chi connectivity index (χ0) is 15.6. The lowest BCUT2D eigenvalue weighted by molar-refractivity contribution is -0.167. The van der Waals surface area contributed by atoms with Gasteiger partial charge >= 0.3 is 0 Å². The molecule has 1 aromatic rings. The lowest BCUT2D eigenvalue weighted by Gasteiger charge is -2.32. The van der Waals surface area contributed by atoms with Gasteiger partial charge in [-0.1, -0.05) is 19.1 Å². The normalized spacial score (nSPS) is 22.0. The van der Waals surface area contributed by atoms with Crippen molar-refractivity contribution in [2.24, 2.45) is 0 Å². The lowest BCUT2D eigenvalue weighted by atomic mass is 10.0. The molecule has 3 rings (SSSR count). The van der Waals surface area contributed by atoms with E-state index < -0.39 is 5.79 Å². The number of ether oxygens (including phenoxy) is 2. The van der Waals surface area contributed by atoms with Gasteiger partial charge < -0.3 is 19.3 Å². The van der Waals surface area contributed by atoms with Crippen LogP contribution in [0.4, 0.5) is 0 Å². The lowest BCUT2D eigenvalue weighted by Crippen LogP contribution is -2.47. The topological polar surface area (TPSA) is 42.0 Å². The van der Waals surface area contributed by atoms with E-state index in [4.69, 9.17) is 9.47 Å². The Balaban J connectivity index is 1.72. The van der Waals surface area contributed by atoms with Gasteiger partial charge in [-0.05, 0) is 19.2 Å². The molecule has 0 radical (unpaired) electrons. The summed E-state index contributed by atoms with van der Waals surface area (Å²) in [6.45, 7) is 6.75. The van der Waals surface area contributed by atoms with E-state index in [0.717, 1.165) is 43.7 Å². The fraction of sp³-hybridized carbons (Fsp3) is 0.588. The fourth-order valence-corrected chi connectivity index (χ4v) is 3.09. The minimum atomic E-state index is -0.630. The second-order valence-corrected chi connectivity index (χ2v) is 5.98. The van der Waals surface area contributed by atoms with Gasteiger partial charge in [-0.3, -0.25) is 4.79 Å². The molecule has 5 heteroatoms. The van der Waals surface area contributed by atoms with E-state index >= 15 is 0 Å². The van der Waals surface area contributed by atoms with Crippen LogP contribution in [0.3, 0.4) is 0 Å². The van der Waals surface area contributed by atoms with Gasteiger partial charge in [0.05, 0.1) is 13.2 Å². The molecule has 0 aliphatic carbocycles. The molecule has 0 saturated carbocycles. The summed E-state index contributed by atoms with van der Waals surface area (Å²) >= 11 is 0. The first kappa shape index (κ1) is 15.5. The highest BCUT2D eigenvalue weighted by Crippen LogP contribution is 2.34. The number of carbonyl (C=O) groups excluding carboxylic acids is 1. The van der Waals surface area contributed by atoms with E-state index in [-0.39, 0.29) is 5.91 Å². The Morgan fingerprint density at radius 2 is 1.68 bits per heavy atom. The quantitative estimate of drug-likeness (QED) is 0.852. The van der Waals surface area contributed by atoms with Crippen molar-refractivity contribution in [2.45, 2.75) is 19.1 Å². The number of likely N-dealkylation sites (N-methyl/N-ethyl adjacent to an activating group) is 1. The van der Waals surface area contributed by atoms with Gasteiger partial charge in [-0.15, -0.1) is 0 Å². The van der Waals surface area contributed by atoms with Gasteiger partial charge in [-0.2, -0.15) is 0 Å². The summed E-state index contributed by atoms with van der Waals surface area (Å²) < 4.78 is 11.6. The smallest absolute Gasteiger partial charge is 0.253 e. The van der Waals surface area contributed by atoms with Crippen LogP contribution in [0.5, 0.6) is 0 Å². The molecule has 0 bridgehead atoms. The van der Waals surface area contributed by atoms with Crippen LogP contribution in [0.1, 0.15) is 29.3 Å². The van der Waals surface area contributed by atoms with Crippen molar-refractivity contribution in [3.05, 3.63) is 35.4 Å². The summed E-state index contributed by atoms with van der Waals surface area (Å²) in [5.74, 6) is -0.520. The molecule has 22 heavy (non-hydrogen) atoms. The monoisotopic (exact) mass is 304 g/mol. The number of benzene rings is 1. The van der Waals surface area contributed by atoms with Crippen molar-refractivity contribution < 1.29 is 14.3 Å². The second kappa shape index (κ2) is 6.36. The molecule has 0 atom stereocenters. The Hall–Kier alpha value is -1.43. The first-order valence-corrected chi connectivity index (χ1v) is 8.01. The summed E-state index contributed by atoms with van der Waals surface area (Å²) in [4.78, 5) is 16.7. The van der Waals surface area contributed by atoms with E-state index in [1.54, 1.807) is 0 Å². The third-order valence-corrected chi connectivity index (χ3v) is 4.58. The average molecular weight is 304 g/mol. The number of hydrogen-bond donors (Lipinski definition) is 0. The highest BCUT2D eigenvalue weighted by atomic mass is 16.7. The van der Waals surface area contributed by atoms with Crippen LogP contribution in [-0.2, 0) is 15.3 Å². The van der Waals surface area contributed by atoms with Crippen molar-refractivity contribution in [1.82, 2.24) is 9.80 Å². The molecule has 120 valence electrons. The van der Waals surface area contributed by atoms with Crippen LogP contribution >= 0.6 is 0 Å². The van der Waals surface area contributed by atoms with E-state index in [0.29, 0.717) is 13.2 Å². The summed E-state index contributed by atoms with van der Waals surface area (Å²) in [6, 6.07) is 7.69. The van der Waals surface area contributed by atoms with Crippen molar-refractivity contribution >= 4 is 5.91 Å². The SMILES string of the molecule is CCC1(c2ccc(C(=O)N3CCN(C)CC3)cc2)OCCO1. The van der Waals surface area contributed by atoms with Crippen LogP contribution in [0.15, 0.2) is 24.3 Å². The molecule has 0 unspecified atom stereocenters. The summed E-state index contributed by atoms with van der Waals surface area (Å²) in [5.41, 5.74) is 1.72. The Kier molecular flexibility index (Phi) is 4.47. The highest BCUT2D eigenvalue weighted by molar-refractivity contribution is 5.94. The van der Waals surface area contributed by atoms with Crippen LogP contribution in [0.2, 0.25) is 0 Å². The van der Waals surface area contributed by atoms with E-state index in [2.05, 4.69) is 18.9 Å². The molecule has 0 spiro atoms. The molecule has 2 aliphatic rings. The van der Waals surface area contributed by atoms with Crippen molar-refractivity contribution in [3.63, 3.8) is 0 Å². The highest BCUT2D eigenvalue weighted by Gasteiger charge is 2.36. The van der Waals surface area contributed by atoms with E-state index in [1.165, 1.54) is 0 Å². The van der Waals surface area contributed by atoms with Crippen molar-refractivity contribution in [2.75, 3.05) is 46.4 Å². The third-order valence-electron chi connectivity index (χ3n) is 4.58. The number of piperazine rings is 1. The number of amides is 1. The Labute approximate surface area is 131 Å². The van der Waals surface area contributed by atoms with Crippen LogP contribution in [0.25, 0.3) is 0 Å². The number of nitrogens with zero attached hydrogens (tertiary/aromatic N) is 2. The molecule has 0 aromatic heterocycles. The first-order chi connectivity index (χ1) is 10.6. The van der Waals surface area contributed by atoms with Crippen LogP contribution in [0, 0.1) is 0 Å². The molecule has 2 heterocycles. The van der Waals surface area contributed by atoms with E-state index in [9.17, 15) is 4.79 Å².